The second-order valence-electron chi connectivity index (χ2n) is 4.07. The summed E-state index contributed by atoms with van der Waals surface area (Å²) in [7, 11) is 0. The second-order valence-corrected chi connectivity index (χ2v) is 4.07. The Balaban J connectivity index is 2.24. The van der Waals surface area contributed by atoms with Gasteiger partial charge in [-0.05, 0) is 32.6 Å². The Kier molecular flexibility index (Phi) is 2.73. The van der Waals surface area contributed by atoms with Crippen molar-refractivity contribution >= 4 is 5.97 Å². The van der Waals surface area contributed by atoms with Crippen LogP contribution in [0, 0.1) is 5.92 Å². The van der Waals surface area contributed by atoms with Crippen LogP contribution in [-0.4, -0.2) is 23.3 Å². The Morgan fingerprint density at radius 3 is 2.75 bits per heavy atom. The van der Waals surface area contributed by atoms with Gasteiger partial charge in [-0.25, -0.2) is 0 Å². The first-order chi connectivity index (χ1) is 5.49. The van der Waals surface area contributed by atoms with E-state index in [9.17, 15) is 4.79 Å². The second kappa shape index (κ2) is 3.44. The Hall–Kier alpha value is -0.570. The minimum atomic E-state index is -0.709. The fourth-order valence-electron chi connectivity index (χ4n) is 1.67. The Morgan fingerprint density at radius 1 is 1.67 bits per heavy atom. The molecule has 1 fully saturated rings. The van der Waals surface area contributed by atoms with Crippen LogP contribution >= 0.6 is 0 Å². The van der Waals surface area contributed by atoms with Crippen molar-refractivity contribution in [3.05, 3.63) is 0 Å². The molecule has 1 rings (SSSR count). The van der Waals surface area contributed by atoms with E-state index in [-0.39, 0.29) is 12.0 Å². The van der Waals surface area contributed by atoms with Gasteiger partial charge >= 0.3 is 5.97 Å². The third-order valence-corrected chi connectivity index (χ3v) is 2.26. The third-order valence-electron chi connectivity index (χ3n) is 2.26. The summed E-state index contributed by atoms with van der Waals surface area (Å²) in [5.41, 5.74) is -0.0385. The smallest absolute Gasteiger partial charge is 0.303 e. The average Bonchev–Trinajstić information content (AvgIpc) is 2.26. The van der Waals surface area contributed by atoms with Crippen LogP contribution in [0.15, 0.2) is 0 Å². The van der Waals surface area contributed by atoms with E-state index in [0.29, 0.717) is 5.92 Å². The highest BCUT2D eigenvalue weighted by atomic mass is 16.5. The van der Waals surface area contributed by atoms with E-state index in [1.54, 1.807) is 0 Å². The molecule has 0 amide bonds. The standard InChI is InChI=1S/C9H16O3/c1-9(2)5-7(6-12-9)3-4-8(10)11/h7H,3-6H2,1-2H3,(H,10,11)/t7-/m1/s1. The van der Waals surface area contributed by atoms with E-state index in [1.807, 2.05) is 13.8 Å². The fourth-order valence-corrected chi connectivity index (χ4v) is 1.67. The van der Waals surface area contributed by atoms with Crippen LogP contribution in [0.5, 0.6) is 0 Å². The molecule has 12 heavy (non-hydrogen) atoms. The topological polar surface area (TPSA) is 46.5 Å². The predicted octanol–water partition coefficient (Wildman–Crippen LogP) is 1.67. The molecule has 70 valence electrons. The van der Waals surface area contributed by atoms with Gasteiger partial charge in [0.25, 0.3) is 0 Å². The monoisotopic (exact) mass is 172 g/mol. The molecule has 1 aliphatic rings. The molecule has 0 unspecified atom stereocenters. The first-order valence-corrected chi connectivity index (χ1v) is 4.35. The number of rotatable bonds is 3. The van der Waals surface area contributed by atoms with Gasteiger partial charge < -0.3 is 9.84 Å². The van der Waals surface area contributed by atoms with Crippen LogP contribution in [-0.2, 0) is 9.53 Å². The van der Waals surface area contributed by atoms with E-state index in [2.05, 4.69) is 0 Å². The summed E-state index contributed by atoms with van der Waals surface area (Å²) in [6.45, 7) is 4.82. The quantitative estimate of drug-likeness (QED) is 0.704. The zero-order valence-corrected chi connectivity index (χ0v) is 7.67. The summed E-state index contributed by atoms with van der Waals surface area (Å²) >= 11 is 0. The molecule has 1 atom stereocenters. The lowest BCUT2D eigenvalue weighted by Gasteiger charge is -2.15. The minimum Gasteiger partial charge on any atom is -0.481 e. The van der Waals surface area contributed by atoms with E-state index in [1.165, 1.54) is 0 Å². The molecule has 1 aliphatic heterocycles. The first kappa shape index (κ1) is 9.52. The van der Waals surface area contributed by atoms with Crippen molar-refractivity contribution in [3.8, 4) is 0 Å². The van der Waals surface area contributed by atoms with Crippen molar-refractivity contribution in [3.63, 3.8) is 0 Å². The van der Waals surface area contributed by atoms with Crippen LogP contribution < -0.4 is 0 Å². The number of carboxylic acid groups (broad SMARTS) is 1. The van der Waals surface area contributed by atoms with Gasteiger partial charge in [0, 0.05) is 6.42 Å². The molecular weight excluding hydrogens is 156 g/mol. The maximum absolute atomic E-state index is 10.3. The van der Waals surface area contributed by atoms with Gasteiger partial charge in [-0.15, -0.1) is 0 Å². The molecule has 1 saturated heterocycles. The van der Waals surface area contributed by atoms with Crippen molar-refractivity contribution < 1.29 is 14.6 Å². The lowest BCUT2D eigenvalue weighted by Crippen LogP contribution is -2.16. The molecule has 0 spiro atoms. The zero-order chi connectivity index (χ0) is 9.19. The lowest BCUT2D eigenvalue weighted by atomic mass is 9.94. The molecule has 0 aromatic heterocycles. The van der Waals surface area contributed by atoms with E-state index >= 15 is 0 Å². The van der Waals surface area contributed by atoms with Crippen molar-refractivity contribution in [2.75, 3.05) is 6.61 Å². The highest BCUT2D eigenvalue weighted by molar-refractivity contribution is 5.66. The summed E-state index contributed by atoms with van der Waals surface area (Å²) in [4.78, 5) is 10.3. The fraction of sp³-hybridized carbons (Fsp3) is 0.889. The molecular formula is C9H16O3. The predicted molar refractivity (Wildman–Crippen MR) is 45.0 cm³/mol. The van der Waals surface area contributed by atoms with E-state index in [4.69, 9.17) is 9.84 Å². The zero-order valence-electron chi connectivity index (χ0n) is 7.67. The van der Waals surface area contributed by atoms with E-state index in [0.717, 1.165) is 19.4 Å². The number of ether oxygens (including phenoxy) is 1. The summed E-state index contributed by atoms with van der Waals surface area (Å²) in [5, 5.41) is 8.46. The molecule has 1 N–H and O–H groups in total. The van der Waals surface area contributed by atoms with Crippen LogP contribution in [0.25, 0.3) is 0 Å². The van der Waals surface area contributed by atoms with Crippen molar-refractivity contribution in [1.29, 1.82) is 0 Å². The molecule has 0 radical (unpaired) electrons. The Labute approximate surface area is 72.7 Å². The van der Waals surface area contributed by atoms with Crippen LogP contribution in [0.4, 0.5) is 0 Å². The van der Waals surface area contributed by atoms with E-state index < -0.39 is 5.97 Å². The summed E-state index contributed by atoms with van der Waals surface area (Å²) in [6, 6.07) is 0. The number of carbonyl (C=O) groups is 1. The summed E-state index contributed by atoms with van der Waals surface area (Å²) in [6.07, 6.45) is 2.00. The summed E-state index contributed by atoms with van der Waals surface area (Å²) in [5.74, 6) is -0.268. The van der Waals surface area contributed by atoms with Gasteiger partial charge in [0.1, 0.15) is 0 Å². The molecule has 0 aromatic carbocycles. The molecule has 0 aromatic rings. The van der Waals surface area contributed by atoms with Crippen LogP contribution in [0.3, 0.4) is 0 Å². The number of hydrogen-bond acceptors (Lipinski definition) is 2. The molecule has 3 heteroatoms. The molecule has 0 aliphatic carbocycles. The Morgan fingerprint density at radius 2 is 2.33 bits per heavy atom. The molecule has 0 saturated carbocycles. The van der Waals surface area contributed by atoms with Crippen molar-refractivity contribution in [1.82, 2.24) is 0 Å². The van der Waals surface area contributed by atoms with Gasteiger partial charge in [0.15, 0.2) is 0 Å². The van der Waals surface area contributed by atoms with Gasteiger partial charge in [-0.2, -0.15) is 0 Å². The SMILES string of the molecule is CC1(C)C[C@@H](CCC(=O)O)CO1. The van der Waals surface area contributed by atoms with Crippen molar-refractivity contribution in [2.45, 2.75) is 38.7 Å². The molecule has 3 nitrogen and oxygen atoms in total. The van der Waals surface area contributed by atoms with Gasteiger partial charge in [-0.1, -0.05) is 0 Å². The molecule has 1 heterocycles. The highest BCUT2D eigenvalue weighted by Crippen LogP contribution is 2.31. The van der Waals surface area contributed by atoms with Crippen LogP contribution in [0.2, 0.25) is 0 Å². The normalized spacial score (nSPS) is 27.3. The lowest BCUT2D eigenvalue weighted by molar-refractivity contribution is -0.137. The molecule has 0 bridgehead atoms. The largest absolute Gasteiger partial charge is 0.481 e. The Bertz CT molecular complexity index is 175. The van der Waals surface area contributed by atoms with Crippen molar-refractivity contribution in [2.24, 2.45) is 5.92 Å². The average molecular weight is 172 g/mol. The highest BCUT2D eigenvalue weighted by Gasteiger charge is 2.31. The number of hydrogen-bond donors (Lipinski definition) is 1. The van der Waals surface area contributed by atoms with Crippen LogP contribution in [0.1, 0.15) is 33.1 Å². The summed E-state index contributed by atoms with van der Waals surface area (Å²) < 4.78 is 5.49. The number of aliphatic carboxylic acids is 1. The van der Waals surface area contributed by atoms with Gasteiger partial charge in [0.2, 0.25) is 0 Å². The third kappa shape index (κ3) is 2.81. The maximum atomic E-state index is 10.3. The van der Waals surface area contributed by atoms with Gasteiger partial charge in [-0.3, -0.25) is 4.79 Å². The minimum absolute atomic E-state index is 0.0385. The first-order valence-electron chi connectivity index (χ1n) is 4.35. The van der Waals surface area contributed by atoms with Gasteiger partial charge in [0.05, 0.1) is 12.2 Å². The number of carboxylic acids is 1. The maximum Gasteiger partial charge on any atom is 0.303 e.